The molecule has 5 nitrogen and oxygen atoms in total. The molecule has 0 aliphatic heterocycles. The number of ketones is 1. The van der Waals surface area contributed by atoms with Gasteiger partial charge >= 0.3 is 0 Å². The minimum Gasteiger partial charge on any atom is -0.444 e. The Kier molecular flexibility index (Phi) is 4.93. The van der Waals surface area contributed by atoms with Gasteiger partial charge in [-0.05, 0) is 66.4 Å². The fourth-order valence-electron chi connectivity index (χ4n) is 1.75. The second kappa shape index (κ2) is 6.69. The molecule has 21 heavy (non-hydrogen) atoms. The number of Topliss-reactive ketones (excluding diaryl/α,β-unsaturated/α-hetero) is 1. The minimum absolute atomic E-state index is 0.0350. The molecule has 0 radical (unpaired) electrons. The Morgan fingerprint density at radius 1 is 1.14 bits per heavy atom. The van der Waals surface area contributed by atoms with Gasteiger partial charge in [-0.15, -0.1) is 0 Å². The van der Waals surface area contributed by atoms with Crippen molar-refractivity contribution >= 4 is 33.3 Å². The highest BCUT2D eigenvalue weighted by Gasteiger charge is 2.11. The van der Waals surface area contributed by atoms with E-state index in [9.17, 15) is 9.59 Å². The molecule has 0 spiro atoms. The lowest BCUT2D eigenvalue weighted by Crippen LogP contribution is -2.21. The predicted molar refractivity (Wildman–Crippen MR) is 83.7 cm³/mol. The Bertz CT molecular complexity index is 647. The summed E-state index contributed by atoms with van der Waals surface area (Å²) in [7, 11) is 3.68. The fraction of sp³-hybridized carbons (Fsp3) is 0.200. The number of likely N-dealkylation sites (N-methyl/N-ethyl adjacent to an activating group) is 1. The highest BCUT2D eigenvalue weighted by molar-refractivity contribution is 9.10. The molecule has 0 saturated carbocycles. The number of furan rings is 1. The lowest BCUT2D eigenvalue weighted by molar-refractivity contribution is 0.0957. The van der Waals surface area contributed by atoms with Crippen LogP contribution in [0.2, 0.25) is 0 Å². The van der Waals surface area contributed by atoms with Crippen LogP contribution in [0.15, 0.2) is 45.5 Å². The molecule has 0 bridgehead atoms. The number of rotatable bonds is 5. The van der Waals surface area contributed by atoms with Gasteiger partial charge in [-0.2, -0.15) is 0 Å². The van der Waals surface area contributed by atoms with Gasteiger partial charge in [-0.3, -0.25) is 9.59 Å². The standard InChI is InChI=1S/C15H15BrN2O3/c1-18(2)9-12(19)10-3-5-11(6-4-10)17-15(20)13-7-8-14(16)21-13/h3-8H,9H2,1-2H3,(H,17,20). The molecule has 0 atom stereocenters. The maximum absolute atomic E-state index is 11.9. The first-order valence-electron chi connectivity index (χ1n) is 6.30. The highest BCUT2D eigenvalue weighted by Crippen LogP contribution is 2.16. The fourth-order valence-corrected chi connectivity index (χ4v) is 2.05. The monoisotopic (exact) mass is 350 g/mol. The number of carbonyl (C=O) groups is 2. The van der Waals surface area contributed by atoms with Gasteiger partial charge in [0.05, 0.1) is 6.54 Å². The molecular weight excluding hydrogens is 336 g/mol. The minimum atomic E-state index is -0.340. The molecule has 2 aromatic rings. The van der Waals surface area contributed by atoms with Crippen LogP contribution in [0.1, 0.15) is 20.9 Å². The van der Waals surface area contributed by atoms with Crippen LogP contribution in [0.5, 0.6) is 0 Å². The van der Waals surface area contributed by atoms with Crippen molar-refractivity contribution in [1.82, 2.24) is 4.90 Å². The number of nitrogens with zero attached hydrogens (tertiary/aromatic N) is 1. The SMILES string of the molecule is CN(C)CC(=O)c1ccc(NC(=O)c2ccc(Br)o2)cc1. The predicted octanol–water partition coefficient (Wildman–Crippen LogP) is 3.04. The zero-order valence-corrected chi connectivity index (χ0v) is 13.3. The van der Waals surface area contributed by atoms with Crippen LogP contribution < -0.4 is 5.32 Å². The Labute approximate surface area is 131 Å². The van der Waals surface area contributed by atoms with Gasteiger partial charge in [0.1, 0.15) is 0 Å². The number of amides is 1. The molecule has 110 valence electrons. The molecule has 1 amide bonds. The van der Waals surface area contributed by atoms with Gasteiger partial charge in [0.15, 0.2) is 16.2 Å². The van der Waals surface area contributed by atoms with Crippen LogP contribution in [-0.2, 0) is 0 Å². The molecule has 6 heteroatoms. The molecule has 0 aliphatic carbocycles. The maximum atomic E-state index is 11.9. The number of hydrogen-bond donors (Lipinski definition) is 1. The van der Waals surface area contributed by atoms with Crippen molar-refractivity contribution in [3.63, 3.8) is 0 Å². The molecule has 0 unspecified atom stereocenters. The lowest BCUT2D eigenvalue weighted by atomic mass is 10.1. The molecule has 1 aromatic carbocycles. The Hall–Kier alpha value is -1.92. The largest absolute Gasteiger partial charge is 0.444 e. The third kappa shape index (κ3) is 4.27. The second-order valence-corrected chi connectivity index (χ2v) is 5.58. The number of halogens is 1. The second-order valence-electron chi connectivity index (χ2n) is 4.80. The van der Waals surface area contributed by atoms with Gasteiger partial charge in [0.2, 0.25) is 0 Å². The topological polar surface area (TPSA) is 62.6 Å². The summed E-state index contributed by atoms with van der Waals surface area (Å²) < 4.78 is 5.67. The van der Waals surface area contributed by atoms with E-state index in [0.717, 1.165) is 0 Å². The molecule has 1 aromatic heterocycles. The number of benzene rings is 1. The first kappa shape index (κ1) is 15.5. The summed E-state index contributed by atoms with van der Waals surface area (Å²) >= 11 is 3.14. The van der Waals surface area contributed by atoms with E-state index in [4.69, 9.17) is 4.42 Å². The van der Waals surface area contributed by atoms with Crippen LogP contribution in [0.4, 0.5) is 5.69 Å². The first-order chi connectivity index (χ1) is 9.95. The summed E-state index contributed by atoms with van der Waals surface area (Å²) in [6.07, 6.45) is 0. The van der Waals surface area contributed by atoms with Gasteiger partial charge in [-0.1, -0.05) is 0 Å². The summed E-state index contributed by atoms with van der Waals surface area (Å²) in [6.45, 7) is 0.353. The third-order valence-electron chi connectivity index (χ3n) is 2.72. The number of anilines is 1. The van der Waals surface area contributed by atoms with Crippen LogP contribution in [0, 0.1) is 0 Å². The summed E-state index contributed by atoms with van der Waals surface area (Å²) in [5.74, 6) is -0.0875. The van der Waals surface area contributed by atoms with Crippen LogP contribution in [-0.4, -0.2) is 37.2 Å². The van der Waals surface area contributed by atoms with Crippen molar-refractivity contribution in [1.29, 1.82) is 0 Å². The molecule has 2 rings (SSSR count). The zero-order valence-electron chi connectivity index (χ0n) is 11.7. The van der Waals surface area contributed by atoms with Gasteiger partial charge in [-0.25, -0.2) is 0 Å². The maximum Gasteiger partial charge on any atom is 0.291 e. The Morgan fingerprint density at radius 3 is 2.33 bits per heavy atom. The van der Waals surface area contributed by atoms with E-state index in [-0.39, 0.29) is 17.5 Å². The number of nitrogens with one attached hydrogen (secondary N) is 1. The van der Waals surface area contributed by atoms with E-state index in [1.807, 2.05) is 19.0 Å². The van der Waals surface area contributed by atoms with Crippen molar-refractivity contribution < 1.29 is 14.0 Å². The van der Waals surface area contributed by atoms with Crippen molar-refractivity contribution in [2.45, 2.75) is 0 Å². The van der Waals surface area contributed by atoms with Crippen molar-refractivity contribution in [2.24, 2.45) is 0 Å². The molecule has 1 N–H and O–H groups in total. The van der Waals surface area contributed by atoms with E-state index in [2.05, 4.69) is 21.2 Å². The first-order valence-corrected chi connectivity index (χ1v) is 7.09. The summed E-state index contributed by atoms with van der Waals surface area (Å²) in [6, 6.07) is 10.0. The molecular formula is C15H15BrN2O3. The van der Waals surface area contributed by atoms with E-state index >= 15 is 0 Å². The van der Waals surface area contributed by atoms with E-state index in [0.29, 0.717) is 22.5 Å². The van der Waals surface area contributed by atoms with Gasteiger partial charge in [0.25, 0.3) is 5.91 Å². The van der Waals surface area contributed by atoms with Crippen LogP contribution in [0.3, 0.4) is 0 Å². The summed E-state index contributed by atoms with van der Waals surface area (Å²) in [5, 5.41) is 2.70. The van der Waals surface area contributed by atoms with Crippen molar-refractivity contribution in [3.8, 4) is 0 Å². The molecule has 1 heterocycles. The number of hydrogen-bond acceptors (Lipinski definition) is 4. The van der Waals surface area contributed by atoms with Crippen LogP contribution in [0.25, 0.3) is 0 Å². The van der Waals surface area contributed by atoms with Crippen molar-refractivity contribution in [3.05, 3.63) is 52.4 Å². The molecule has 0 saturated heterocycles. The quantitative estimate of drug-likeness (QED) is 0.841. The van der Waals surface area contributed by atoms with Crippen LogP contribution >= 0.6 is 15.9 Å². The summed E-state index contributed by atoms with van der Waals surface area (Å²) in [5.41, 5.74) is 1.22. The normalized spacial score (nSPS) is 10.7. The average Bonchev–Trinajstić information content (AvgIpc) is 2.85. The third-order valence-corrected chi connectivity index (χ3v) is 3.15. The highest BCUT2D eigenvalue weighted by atomic mass is 79.9. The zero-order chi connectivity index (χ0) is 15.4. The average molecular weight is 351 g/mol. The number of carbonyl (C=O) groups excluding carboxylic acids is 2. The Morgan fingerprint density at radius 2 is 1.81 bits per heavy atom. The van der Waals surface area contributed by atoms with Gasteiger partial charge in [0, 0.05) is 11.3 Å². The van der Waals surface area contributed by atoms with Gasteiger partial charge < -0.3 is 14.6 Å². The van der Waals surface area contributed by atoms with E-state index in [1.54, 1.807) is 36.4 Å². The molecule has 0 fully saturated rings. The Balaban J connectivity index is 2.02. The molecule has 0 aliphatic rings. The van der Waals surface area contributed by atoms with E-state index < -0.39 is 0 Å². The lowest BCUT2D eigenvalue weighted by Gasteiger charge is -2.09. The van der Waals surface area contributed by atoms with Crippen molar-refractivity contribution in [2.75, 3.05) is 26.0 Å². The van der Waals surface area contributed by atoms with E-state index in [1.165, 1.54) is 0 Å². The summed E-state index contributed by atoms with van der Waals surface area (Å²) in [4.78, 5) is 25.6. The smallest absolute Gasteiger partial charge is 0.291 e.